The minimum absolute atomic E-state index is 0. The maximum absolute atomic E-state index is 10.2. The second-order valence-electron chi connectivity index (χ2n) is 1.80. The van der Waals surface area contributed by atoms with Crippen molar-refractivity contribution in [3.8, 4) is 5.75 Å². The van der Waals surface area contributed by atoms with Gasteiger partial charge in [0.15, 0.2) is 0 Å². The minimum atomic E-state index is -1.36. The summed E-state index contributed by atoms with van der Waals surface area (Å²) in [7, 11) is 0. The molecule has 0 atom stereocenters. The van der Waals surface area contributed by atoms with E-state index in [1.165, 1.54) is 18.2 Å². The molecule has 0 unspecified atom stereocenters. The monoisotopic (exact) mass is 188 g/mol. The van der Waals surface area contributed by atoms with Gasteiger partial charge in [-0.05, 0) is 12.1 Å². The van der Waals surface area contributed by atoms with Crippen LogP contribution in [-0.4, -0.2) is 11.1 Å². The SMILES string of the molecule is C=C.O=C([O-])c1ccccc1O.[Na+]. The summed E-state index contributed by atoms with van der Waals surface area (Å²) >= 11 is 0. The van der Waals surface area contributed by atoms with E-state index in [0.29, 0.717) is 0 Å². The van der Waals surface area contributed by atoms with Gasteiger partial charge in [0.25, 0.3) is 0 Å². The van der Waals surface area contributed by atoms with E-state index in [1.807, 2.05) is 0 Å². The number of hydrogen-bond donors (Lipinski definition) is 1. The zero-order chi connectivity index (χ0) is 9.56. The van der Waals surface area contributed by atoms with E-state index in [9.17, 15) is 9.90 Å². The molecule has 1 aromatic rings. The molecule has 1 aromatic carbocycles. The zero-order valence-electron chi connectivity index (χ0n) is 7.49. The first-order valence-corrected chi connectivity index (χ1v) is 3.21. The van der Waals surface area contributed by atoms with Crippen molar-refractivity contribution in [3.63, 3.8) is 0 Å². The van der Waals surface area contributed by atoms with Crippen LogP contribution in [0.5, 0.6) is 5.75 Å². The second kappa shape index (κ2) is 7.86. The van der Waals surface area contributed by atoms with Crippen molar-refractivity contribution in [2.75, 3.05) is 0 Å². The molecule has 1 N–H and O–H groups in total. The quantitative estimate of drug-likeness (QED) is 0.393. The molecule has 0 aromatic heterocycles. The van der Waals surface area contributed by atoms with Gasteiger partial charge in [0.1, 0.15) is 5.75 Å². The van der Waals surface area contributed by atoms with E-state index >= 15 is 0 Å². The Balaban J connectivity index is 0. The van der Waals surface area contributed by atoms with Crippen LogP contribution in [-0.2, 0) is 0 Å². The van der Waals surface area contributed by atoms with E-state index in [-0.39, 0.29) is 40.9 Å². The van der Waals surface area contributed by atoms with Crippen LogP contribution in [0.1, 0.15) is 10.4 Å². The van der Waals surface area contributed by atoms with E-state index in [0.717, 1.165) is 0 Å². The van der Waals surface area contributed by atoms with Crippen molar-refractivity contribution >= 4 is 5.97 Å². The van der Waals surface area contributed by atoms with Gasteiger partial charge in [0.05, 0.1) is 5.97 Å². The number of phenols is 1. The molecule has 0 spiro atoms. The van der Waals surface area contributed by atoms with Crippen molar-refractivity contribution in [2.24, 2.45) is 0 Å². The molecule has 0 fully saturated rings. The summed E-state index contributed by atoms with van der Waals surface area (Å²) in [5.74, 6) is -1.62. The number of carboxylic acid groups (broad SMARTS) is 1. The molecular formula is C9H9NaO3. The molecule has 0 heterocycles. The number of aromatic carboxylic acids is 1. The molecule has 0 amide bonds. The van der Waals surface area contributed by atoms with Crippen LogP contribution < -0.4 is 34.7 Å². The molecule has 4 heteroatoms. The van der Waals surface area contributed by atoms with Crippen LogP contribution in [0.4, 0.5) is 0 Å². The van der Waals surface area contributed by atoms with Gasteiger partial charge in [0.2, 0.25) is 0 Å². The van der Waals surface area contributed by atoms with Crippen molar-refractivity contribution in [1.29, 1.82) is 0 Å². The maximum atomic E-state index is 10.2. The maximum Gasteiger partial charge on any atom is 1.00 e. The van der Waals surface area contributed by atoms with Gasteiger partial charge in [0, 0.05) is 5.56 Å². The number of aromatic hydroxyl groups is 1. The normalized spacial score (nSPS) is 7.38. The molecule has 0 aliphatic rings. The summed E-state index contributed by atoms with van der Waals surface area (Å²) in [5, 5.41) is 19.0. The summed E-state index contributed by atoms with van der Waals surface area (Å²) in [6.45, 7) is 6.00. The molecule has 0 radical (unpaired) electrons. The predicted octanol–water partition coefficient (Wildman–Crippen LogP) is -2.44. The summed E-state index contributed by atoms with van der Waals surface area (Å²) in [6.07, 6.45) is 0. The third-order valence-electron chi connectivity index (χ3n) is 1.12. The van der Waals surface area contributed by atoms with E-state index in [2.05, 4.69) is 13.2 Å². The molecule has 0 aliphatic heterocycles. The summed E-state index contributed by atoms with van der Waals surface area (Å²) in [5.41, 5.74) is -0.178. The molecule has 0 saturated heterocycles. The third-order valence-corrected chi connectivity index (χ3v) is 1.12. The third kappa shape index (κ3) is 4.72. The topological polar surface area (TPSA) is 60.4 Å². The fourth-order valence-corrected chi connectivity index (χ4v) is 0.646. The molecule has 13 heavy (non-hydrogen) atoms. The Morgan fingerprint density at radius 2 is 1.77 bits per heavy atom. The number of para-hydroxylation sites is 1. The Morgan fingerprint density at radius 1 is 1.31 bits per heavy atom. The fraction of sp³-hybridized carbons (Fsp3) is 0. The first-order chi connectivity index (χ1) is 5.72. The minimum Gasteiger partial charge on any atom is -0.545 e. The molecule has 0 aliphatic carbocycles. The van der Waals surface area contributed by atoms with Crippen molar-refractivity contribution < 1.29 is 44.6 Å². The molecule has 3 nitrogen and oxygen atoms in total. The average molecular weight is 188 g/mol. The Hall–Kier alpha value is -0.770. The van der Waals surface area contributed by atoms with Gasteiger partial charge in [-0.3, -0.25) is 0 Å². The van der Waals surface area contributed by atoms with Crippen molar-refractivity contribution in [3.05, 3.63) is 43.0 Å². The van der Waals surface area contributed by atoms with Crippen LogP contribution in [0, 0.1) is 0 Å². The summed E-state index contributed by atoms with van der Waals surface area (Å²) in [6, 6.07) is 5.64. The first-order valence-electron chi connectivity index (χ1n) is 3.21. The molecule has 1 rings (SSSR count). The van der Waals surface area contributed by atoms with E-state index in [4.69, 9.17) is 5.11 Å². The molecule has 64 valence electrons. The summed E-state index contributed by atoms with van der Waals surface area (Å²) in [4.78, 5) is 10.2. The van der Waals surface area contributed by atoms with Crippen LogP contribution in [0.3, 0.4) is 0 Å². The van der Waals surface area contributed by atoms with Gasteiger partial charge in [-0.15, -0.1) is 13.2 Å². The van der Waals surface area contributed by atoms with Gasteiger partial charge >= 0.3 is 29.6 Å². The smallest absolute Gasteiger partial charge is 0.545 e. The average Bonchev–Trinajstić information content (AvgIpc) is 2.08. The Morgan fingerprint density at radius 3 is 2.08 bits per heavy atom. The standard InChI is InChI=1S/C7H6O3.C2H4.Na/c8-6-4-2-1-3-5(6)7(9)10;1-2;/h1-4,8H,(H,9,10);1-2H2;/q;;+1/p-1. The van der Waals surface area contributed by atoms with Crippen LogP contribution in [0.2, 0.25) is 0 Å². The Labute approximate surface area is 99.0 Å². The Bertz CT molecular complexity index is 273. The van der Waals surface area contributed by atoms with Crippen molar-refractivity contribution in [2.45, 2.75) is 0 Å². The van der Waals surface area contributed by atoms with Crippen LogP contribution >= 0.6 is 0 Å². The second-order valence-corrected chi connectivity index (χ2v) is 1.80. The molecule has 0 saturated carbocycles. The number of benzene rings is 1. The number of carbonyl (C=O) groups excluding carboxylic acids is 1. The Kier molecular flexibility index (Phi) is 8.91. The number of rotatable bonds is 1. The van der Waals surface area contributed by atoms with E-state index in [1.54, 1.807) is 6.07 Å². The van der Waals surface area contributed by atoms with E-state index < -0.39 is 5.97 Å². The number of hydrogen-bond acceptors (Lipinski definition) is 3. The van der Waals surface area contributed by atoms with Crippen molar-refractivity contribution in [1.82, 2.24) is 0 Å². The van der Waals surface area contributed by atoms with Gasteiger partial charge in [-0.1, -0.05) is 12.1 Å². The molecular weight excluding hydrogens is 179 g/mol. The largest absolute Gasteiger partial charge is 1.00 e. The first kappa shape index (κ1) is 14.7. The van der Waals surface area contributed by atoms with Gasteiger partial charge < -0.3 is 15.0 Å². The summed E-state index contributed by atoms with van der Waals surface area (Å²) < 4.78 is 0. The number of carboxylic acids is 1. The van der Waals surface area contributed by atoms with Crippen LogP contribution in [0.15, 0.2) is 37.4 Å². The van der Waals surface area contributed by atoms with Gasteiger partial charge in [-0.2, -0.15) is 0 Å². The van der Waals surface area contributed by atoms with Crippen LogP contribution in [0.25, 0.3) is 0 Å². The molecule has 0 bridgehead atoms. The van der Waals surface area contributed by atoms with Gasteiger partial charge in [-0.25, -0.2) is 0 Å². The fourth-order valence-electron chi connectivity index (χ4n) is 0.646. The predicted molar refractivity (Wildman–Crippen MR) is 43.7 cm³/mol. The zero-order valence-corrected chi connectivity index (χ0v) is 9.49. The number of carbonyl (C=O) groups is 1.